The number of carbonyl (C=O) groups is 1. The predicted octanol–water partition coefficient (Wildman–Crippen LogP) is 3.05. The second-order valence-corrected chi connectivity index (χ2v) is 3.95. The van der Waals surface area contributed by atoms with Crippen molar-refractivity contribution in [1.29, 1.82) is 5.26 Å². The van der Waals surface area contributed by atoms with Crippen molar-refractivity contribution in [2.75, 3.05) is 6.61 Å². The molecule has 1 aliphatic rings. The minimum atomic E-state index is -0.795. The van der Waals surface area contributed by atoms with Crippen LogP contribution in [-0.2, 0) is 9.47 Å². The molecule has 1 aliphatic carbocycles. The van der Waals surface area contributed by atoms with Crippen LogP contribution in [0, 0.1) is 17.1 Å². The quantitative estimate of drug-likeness (QED) is 0.756. The van der Waals surface area contributed by atoms with Gasteiger partial charge >= 0.3 is 6.16 Å². The fraction of sp³-hybridized carbons (Fsp3) is 0.385. The van der Waals surface area contributed by atoms with Gasteiger partial charge in [0.15, 0.2) is 0 Å². The number of rotatable bonds is 2. The predicted molar refractivity (Wildman–Crippen MR) is 60.2 cm³/mol. The Labute approximate surface area is 104 Å². The van der Waals surface area contributed by atoms with Gasteiger partial charge in [-0.2, -0.15) is 5.26 Å². The summed E-state index contributed by atoms with van der Waals surface area (Å²) in [5, 5.41) is 9.00. The summed E-state index contributed by atoms with van der Waals surface area (Å²) in [5.41, 5.74) is 0.879. The zero-order chi connectivity index (χ0) is 13.1. The third-order valence-corrected chi connectivity index (χ3v) is 2.89. The van der Waals surface area contributed by atoms with Gasteiger partial charge in [-0.25, -0.2) is 9.18 Å². The summed E-state index contributed by atoms with van der Waals surface area (Å²) < 4.78 is 23.4. The molecular weight excluding hydrogens is 237 g/mol. The highest BCUT2D eigenvalue weighted by Crippen LogP contribution is 2.43. The molecule has 0 spiro atoms. The SMILES string of the molecule is CCOC(=O)OC1CC(C#N)c2c(F)cccc21. The highest BCUT2D eigenvalue weighted by atomic mass is 19.1. The first-order valence-electron chi connectivity index (χ1n) is 5.68. The molecule has 0 aliphatic heterocycles. The average molecular weight is 249 g/mol. The molecule has 0 bridgehead atoms. The van der Waals surface area contributed by atoms with Crippen molar-refractivity contribution in [2.45, 2.75) is 25.4 Å². The van der Waals surface area contributed by atoms with Crippen molar-refractivity contribution in [3.8, 4) is 6.07 Å². The van der Waals surface area contributed by atoms with Crippen LogP contribution < -0.4 is 0 Å². The highest BCUT2D eigenvalue weighted by molar-refractivity contribution is 5.61. The molecule has 1 aromatic rings. The molecule has 0 saturated heterocycles. The monoisotopic (exact) mass is 249 g/mol. The Morgan fingerprint density at radius 1 is 1.61 bits per heavy atom. The van der Waals surface area contributed by atoms with Crippen molar-refractivity contribution < 1.29 is 18.7 Å². The third-order valence-electron chi connectivity index (χ3n) is 2.89. The molecule has 18 heavy (non-hydrogen) atoms. The Kier molecular flexibility index (Phi) is 3.47. The molecule has 5 heteroatoms. The second-order valence-electron chi connectivity index (χ2n) is 3.95. The molecule has 0 radical (unpaired) electrons. The van der Waals surface area contributed by atoms with Crippen LogP contribution in [0.5, 0.6) is 0 Å². The van der Waals surface area contributed by atoms with Crippen LogP contribution in [0.4, 0.5) is 9.18 Å². The maximum atomic E-state index is 13.7. The first kappa shape index (κ1) is 12.4. The summed E-state index contributed by atoms with van der Waals surface area (Å²) in [6.07, 6.45) is -1.14. The lowest BCUT2D eigenvalue weighted by atomic mass is 10.0. The lowest BCUT2D eigenvalue weighted by Crippen LogP contribution is -2.11. The van der Waals surface area contributed by atoms with E-state index in [0.717, 1.165) is 0 Å². The van der Waals surface area contributed by atoms with E-state index >= 15 is 0 Å². The standard InChI is InChI=1S/C13H12FNO3/c1-2-17-13(16)18-11-6-8(7-15)12-9(11)4-3-5-10(12)14/h3-5,8,11H,2,6H2,1H3. The molecule has 1 aromatic carbocycles. The Bertz CT molecular complexity index is 509. The average Bonchev–Trinajstić information content (AvgIpc) is 2.69. The minimum absolute atomic E-state index is 0.212. The summed E-state index contributed by atoms with van der Waals surface area (Å²) in [6, 6.07) is 6.53. The molecule has 0 saturated carbocycles. The van der Waals surface area contributed by atoms with Crippen molar-refractivity contribution in [3.63, 3.8) is 0 Å². The Hall–Kier alpha value is -2.09. The van der Waals surface area contributed by atoms with Gasteiger partial charge in [0.1, 0.15) is 11.9 Å². The number of carbonyl (C=O) groups excluding carboxylic acids is 1. The summed E-state index contributed by atoms with van der Waals surface area (Å²) in [4.78, 5) is 11.3. The molecule has 0 fully saturated rings. The zero-order valence-corrected chi connectivity index (χ0v) is 9.85. The Morgan fingerprint density at radius 2 is 2.39 bits per heavy atom. The fourth-order valence-corrected chi connectivity index (χ4v) is 2.16. The van der Waals surface area contributed by atoms with Gasteiger partial charge in [-0.05, 0) is 13.0 Å². The lowest BCUT2D eigenvalue weighted by molar-refractivity contribution is 0.0256. The van der Waals surface area contributed by atoms with E-state index in [0.29, 0.717) is 11.1 Å². The van der Waals surface area contributed by atoms with Crippen LogP contribution in [-0.4, -0.2) is 12.8 Å². The van der Waals surface area contributed by atoms with Crippen LogP contribution in [0.3, 0.4) is 0 Å². The van der Waals surface area contributed by atoms with Crippen molar-refractivity contribution in [2.24, 2.45) is 0 Å². The van der Waals surface area contributed by atoms with Crippen molar-refractivity contribution in [3.05, 3.63) is 35.1 Å². The molecule has 0 heterocycles. The molecule has 4 nitrogen and oxygen atoms in total. The topological polar surface area (TPSA) is 59.3 Å². The van der Waals surface area contributed by atoms with Gasteiger partial charge < -0.3 is 9.47 Å². The number of benzene rings is 1. The number of nitriles is 1. The molecule has 94 valence electrons. The van der Waals surface area contributed by atoms with Crippen LogP contribution in [0.1, 0.15) is 36.5 Å². The summed E-state index contributed by atoms with van der Waals surface area (Å²) >= 11 is 0. The van der Waals surface area contributed by atoms with E-state index in [2.05, 4.69) is 4.74 Å². The van der Waals surface area contributed by atoms with Gasteiger partial charge in [0.05, 0.1) is 18.6 Å². The highest BCUT2D eigenvalue weighted by Gasteiger charge is 2.36. The normalized spacial score (nSPS) is 20.9. The molecule has 2 rings (SSSR count). The van der Waals surface area contributed by atoms with E-state index in [4.69, 9.17) is 10.00 Å². The molecule has 2 unspecified atom stereocenters. The largest absolute Gasteiger partial charge is 0.508 e. The lowest BCUT2D eigenvalue weighted by Gasteiger charge is -2.12. The molecule has 2 atom stereocenters. The number of hydrogen-bond acceptors (Lipinski definition) is 4. The van der Waals surface area contributed by atoms with Gasteiger partial charge in [-0.1, -0.05) is 12.1 Å². The van der Waals surface area contributed by atoms with Crippen LogP contribution in [0.15, 0.2) is 18.2 Å². The van der Waals surface area contributed by atoms with Gasteiger partial charge in [-0.15, -0.1) is 0 Å². The number of fused-ring (bicyclic) bond motifs is 1. The number of halogens is 1. The van der Waals surface area contributed by atoms with Gasteiger partial charge in [0, 0.05) is 17.5 Å². The van der Waals surface area contributed by atoms with Gasteiger partial charge in [-0.3, -0.25) is 0 Å². The molecule has 0 aromatic heterocycles. The van der Waals surface area contributed by atoms with Crippen molar-refractivity contribution in [1.82, 2.24) is 0 Å². The van der Waals surface area contributed by atoms with Crippen LogP contribution in [0.2, 0.25) is 0 Å². The zero-order valence-electron chi connectivity index (χ0n) is 9.85. The molecular formula is C13H12FNO3. The Balaban J connectivity index is 2.26. The second kappa shape index (κ2) is 5.05. The summed E-state index contributed by atoms with van der Waals surface area (Å²) in [6.45, 7) is 1.88. The molecule has 0 N–H and O–H groups in total. The fourth-order valence-electron chi connectivity index (χ4n) is 2.16. The third kappa shape index (κ3) is 2.14. The van der Waals surface area contributed by atoms with Gasteiger partial charge in [0.2, 0.25) is 0 Å². The van der Waals surface area contributed by atoms with E-state index in [1.54, 1.807) is 13.0 Å². The first-order valence-corrected chi connectivity index (χ1v) is 5.68. The van der Waals surface area contributed by atoms with Crippen molar-refractivity contribution >= 4 is 6.16 Å². The Morgan fingerprint density at radius 3 is 3.06 bits per heavy atom. The van der Waals surface area contributed by atoms with E-state index in [1.807, 2.05) is 6.07 Å². The minimum Gasteiger partial charge on any atom is -0.435 e. The first-order chi connectivity index (χ1) is 8.67. The van der Waals surface area contributed by atoms with Gasteiger partial charge in [0.25, 0.3) is 0 Å². The summed E-state index contributed by atoms with van der Waals surface area (Å²) in [7, 11) is 0. The summed E-state index contributed by atoms with van der Waals surface area (Å²) in [5.74, 6) is -1.02. The van der Waals surface area contributed by atoms with E-state index in [1.165, 1.54) is 12.1 Å². The van der Waals surface area contributed by atoms with E-state index in [-0.39, 0.29) is 13.0 Å². The maximum absolute atomic E-state index is 13.7. The number of nitrogens with zero attached hydrogens (tertiary/aromatic N) is 1. The van der Waals surface area contributed by atoms with E-state index in [9.17, 15) is 9.18 Å². The number of ether oxygens (including phenoxy) is 2. The molecule has 0 amide bonds. The smallest absolute Gasteiger partial charge is 0.435 e. The van der Waals surface area contributed by atoms with E-state index < -0.39 is 24.0 Å². The van der Waals surface area contributed by atoms with Crippen LogP contribution in [0.25, 0.3) is 0 Å². The maximum Gasteiger partial charge on any atom is 0.508 e. The number of hydrogen-bond donors (Lipinski definition) is 0. The van der Waals surface area contributed by atoms with Crippen LogP contribution >= 0.6 is 0 Å².